The first-order chi connectivity index (χ1) is 14.0. The van der Waals surface area contributed by atoms with Crippen molar-refractivity contribution in [1.29, 1.82) is 0 Å². The Morgan fingerprint density at radius 2 is 1.86 bits per heavy atom. The van der Waals surface area contributed by atoms with Gasteiger partial charge in [0.05, 0.1) is 6.54 Å². The zero-order valence-corrected chi connectivity index (χ0v) is 18.7. The minimum absolute atomic E-state index is 0.0139. The molecule has 2 aromatic carbocycles. The van der Waals surface area contributed by atoms with Crippen molar-refractivity contribution in [1.82, 2.24) is 9.80 Å². The van der Waals surface area contributed by atoms with Gasteiger partial charge in [0.25, 0.3) is 5.91 Å². The number of nitrogens with zero attached hydrogens (tertiary/aromatic N) is 2. The van der Waals surface area contributed by atoms with Crippen molar-refractivity contribution >= 4 is 49.9 Å². The van der Waals surface area contributed by atoms with Gasteiger partial charge in [-0.3, -0.25) is 9.59 Å². The Kier molecular flexibility index (Phi) is 6.01. The van der Waals surface area contributed by atoms with E-state index in [9.17, 15) is 9.59 Å². The predicted molar refractivity (Wildman–Crippen MR) is 121 cm³/mol. The molecule has 2 heterocycles. The van der Waals surface area contributed by atoms with Gasteiger partial charge < -0.3 is 9.80 Å². The fraction of sp³-hybridized carbons (Fsp3) is 0.304. The van der Waals surface area contributed by atoms with Crippen LogP contribution in [-0.2, 0) is 11.3 Å². The fourth-order valence-electron chi connectivity index (χ4n) is 3.97. The molecule has 0 bridgehead atoms. The molecule has 29 heavy (non-hydrogen) atoms. The normalized spacial score (nSPS) is 14.9. The largest absolute Gasteiger partial charge is 0.340 e. The summed E-state index contributed by atoms with van der Waals surface area (Å²) in [6.07, 6.45) is 1.43. The maximum absolute atomic E-state index is 13.1. The van der Waals surface area contributed by atoms with E-state index in [4.69, 9.17) is 0 Å². The van der Waals surface area contributed by atoms with E-state index in [1.54, 1.807) is 11.3 Å². The van der Waals surface area contributed by atoms with Crippen molar-refractivity contribution in [2.45, 2.75) is 19.4 Å². The number of amides is 2. The maximum Gasteiger partial charge on any atom is 0.254 e. The summed E-state index contributed by atoms with van der Waals surface area (Å²) in [6.45, 7) is 1.87. The monoisotopic (exact) mass is 470 g/mol. The molecule has 1 aliphatic heterocycles. The van der Waals surface area contributed by atoms with E-state index in [0.29, 0.717) is 32.5 Å². The van der Waals surface area contributed by atoms with Crippen molar-refractivity contribution in [2.24, 2.45) is 5.92 Å². The number of hydrogen-bond donors (Lipinski definition) is 0. The topological polar surface area (TPSA) is 40.6 Å². The Labute approximate surface area is 183 Å². The highest BCUT2D eigenvalue weighted by Crippen LogP contribution is 2.26. The van der Waals surface area contributed by atoms with Crippen LogP contribution in [0.25, 0.3) is 10.8 Å². The van der Waals surface area contributed by atoms with Crippen molar-refractivity contribution in [3.05, 3.63) is 68.8 Å². The van der Waals surface area contributed by atoms with Gasteiger partial charge in [0, 0.05) is 46.3 Å². The molecule has 1 aromatic heterocycles. The summed E-state index contributed by atoms with van der Waals surface area (Å²) in [5.41, 5.74) is 0.744. The quantitative estimate of drug-likeness (QED) is 0.527. The molecule has 6 heteroatoms. The van der Waals surface area contributed by atoms with Crippen molar-refractivity contribution in [3.8, 4) is 0 Å². The number of carbonyl (C=O) groups is 2. The Morgan fingerprint density at radius 1 is 1.14 bits per heavy atom. The molecule has 0 spiro atoms. The van der Waals surface area contributed by atoms with E-state index < -0.39 is 0 Å². The van der Waals surface area contributed by atoms with E-state index in [1.807, 2.05) is 64.7 Å². The standard InChI is InChI=1S/C23H23BrN2O2S/c1-25(14-19-13-18(24)15-29-19)22(27)17-9-11-26(12-10-17)23(28)21-8-4-6-16-5-2-3-7-20(16)21/h2-8,13,15,17H,9-12,14H2,1H3. The average molecular weight is 471 g/mol. The number of fused-ring (bicyclic) bond motifs is 1. The lowest BCUT2D eigenvalue weighted by Gasteiger charge is -2.33. The van der Waals surface area contributed by atoms with Crippen LogP contribution >= 0.6 is 27.3 Å². The summed E-state index contributed by atoms with van der Waals surface area (Å²) in [6, 6.07) is 15.9. The number of thiophene rings is 1. The van der Waals surface area contributed by atoms with E-state index in [1.165, 1.54) is 0 Å². The van der Waals surface area contributed by atoms with Gasteiger partial charge in [0.15, 0.2) is 0 Å². The second kappa shape index (κ2) is 8.67. The van der Waals surface area contributed by atoms with Crippen LogP contribution in [0, 0.1) is 5.92 Å². The van der Waals surface area contributed by atoms with E-state index >= 15 is 0 Å². The van der Waals surface area contributed by atoms with E-state index in [-0.39, 0.29) is 17.7 Å². The number of halogens is 1. The smallest absolute Gasteiger partial charge is 0.254 e. The van der Waals surface area contributed by atoms with Crippen LogP contribution in [0.4, 0.5) is 0 Å². The van der Waals surface area contributed by atoms with Crippen LogP contribution < -0.4 is 0 Å². The number of rotatable bonds is 4. The van der Waals surface area contributed by atoms with E-state index in [0.717, 1.165) is 25.7 Å². The summed E-state index contributed by atoms with van der Waals surface area (Å²) >= 11 is 5.11. The highest BCUT2D eigenvalue weighted by atomic mass is 79.9. The van der Waals surface area contributed by atoms with Gasteiger partial charge in [-0.2, -0.15) is 0 Å². The Bertz CT molecular complexity index is 1030. The number of benzene rings is 2. The summed E-state index contributed by atoms with van der Waals surface area (Å²) in [5, 5.41) is 4.09. The number of hydrogen-bond acceptors (Lipinski definition) is 3. The lowest BCUT2D eigenvalue weighted by Crippen LogP contribution is -2.43. The highest BCUT2D eigenvalue weighted by Gasteiger charge is 2.30. The summed E-state index contributed by atoms with van der Waals surface area (Å²) in [5.74, 6) is 0.219. The number of likely N-dealkylation sites (tertiary alicyclic amines) is 1. The van der Waals surface area contributed by atoms with Gasteiger partial charge in [0.2, 0.25) is 5.91 Å². The van der Waals surface area contributed by atoms with E-state index in [2.05, 4.69) is 22.0 Å². The van der Waals surface area contributed by atoms with Gasteiger partial charge in [-0.05, 0) is 51.7 Å². The van der Waals surface area contributed by atoms with Crippen LogP contribution in [0.5, 0.6) is 0 Å². The van der Waals surface area contributed by atoms with Crippen LogP contribution in [0.1, 0.15) is 28.1 Å². The van der Waals surface area contributed by atoms with Crippen molar-refractivity contribution in [2.75, 3.05) is 20.1 Å². The third kappa shape index (κ3) is 4.38. The van der Waals surface area contributed by atoms with Gasteiger partial charge in [-0.1, -0.05) is 36.4 Å². The predicted octanol–water partition coefficient (Wildman–Crippen LogP) is 5.17. The Balaban J connectivity index is 1.38. The van der Waals surface area contributed by atoms with Crippen LogP contribution in [-0.4, -0.2) is 41.8 Å². The SMILES string of the molecule is CN(Cc1cc(Br)cs1)C(=O)C1CCN(C(=O)c2cccc3ccccc23)CC1. The molecule has 0 atom stereocenters. The zero-order chi connectivity index (χ0) is 20.4. The molecule has 1 aliphatic rings. The van der Waals surface area contributed by atoms with Gasteiger partial charge in [0.1, 0.15) is 0 Å². The van der Waals surface area contributed by atoms with Crippen LogP contribution in [0.2, 0.25) is 0 Å². The van der Waals surface area contributed by atoms with Crippen LogP contribution in [0.3, 0.4) is 0 Å². The molecule has 1 fully saturated rings. The highest BCUT2D eigenvalue weighted by molar-refractivity contribution is 9.10. The van der Waals surface area contributed by atoms with Gasteiger partial charge in [-0.25, -0.2) is 0 Å². The number of carbonyl (C=O) groups excluding carboxylic acids is 2. The lowest BCUT2D eigenvalue weighted by atomic mass is 9.94. The van der Waals surface area contributed by atoms with Gasteiger partial charge >= 0.3 is 0 Å². The minimum atomic E-state index is -0.0139. The maximum atomic E-state index is 13.1. The molecule has 0 radical (unpaired) electrons. The zero-order valence-electron chi connectivity index (χ0n) is 16.3. The lowest BCUT2D eigenvalue weighted by molar-refractivity contribution is -0.136. The Morgan fingerprint density at radius 3 is 2.59 bits per heavy atom. The molecular weight excluding hydrogens is 448 g/mol. The van der Waals surface area contributed by atoms with Crippen LogP contribution in [0.15, 0.2) is 58.4 Å². The summed E-state index contributed by atoms with van der Waals surface area (Å²) < 4.78 is 1.05. The second-order valence-electron chi connectivity index (χ2n) is 7.52. The third-order valence-corrected chi connectivity index (χ3v) is 7.22. The molecule has 4 rings (SSSR count). The van der Waals surface area contributed by atoms with Crippen molar-refractivity contribution in [3.63, 3.8) is 0 Å². The molecule has 0 aliphatic carbocycles. The molecule has 1 saturated heterocycles. The molecule has 3 aromatic rings. The number of piperidine rings is 1. The molecule has 0 saturated carbocycles. The summed E-state index contributed by atoms with van der Waals surface area (Å²) in [4.78, 5) is 30.8. The first kappa shape index (κ1) is 20.1. The minimum Gasteiger partial charge on any atom is -0.340 e. The molecule has 2 amide bonds. The summed E-state index contributed by atoms with van der Waals surface area (Å²) in [7, 11) is 1.86. The Hall–Kier alpha value is -2.18. The first-order valence-electron chi connectivity index (χ1n) is 9.78. The van der Waals surface area contributed by atoms with Gasteiger partial charge in [-0.15, -0.1) is 11.3 Å². The third-order valence-electron chi connectivity index (χ3n) is 5.54. The molecule has 150 valence electrons. The van der Waals surface area contributed by atoms with Crippen molar-refractivity contribution < 1.29 is 9.59 Å². The molecule has 0 unspecified atom stereocenters. The second-order valence-corrected chi connectivity index (χ2v) is 9.43. The average Bonchev–Trinajstić information content (AvgIpc) is 3.16. The molecule has 4 nitrogen and oxygen atoms in total. The first-order valence-corrected chi connectivity index (χ1v) is 11.4. The fourth-order valence-corrected chi connectivity index (χ4v) is 5.48. The molecular formula is C23H23BrN2O2S. The molecule has 0 N–H and O–H groups in total.